The van der Waals surface area contributed by atoms with Crippen molar-refractivity contribution < 1.29 is 4.79 Å². The van der Waals surface area contributed by atoms with Crippen LogP contribution in [0.25, 0.3) is 0 Å². The molecule has 3 heterocycles. The molecule has 0 saturated heterocycles. The minimum atomic E-state index is -0.126. The van der Waals surface area contributed by atoms with E-state index in [0.717, 1.165) is 30.9 Å². The largest absolute Gasteiger partial charge is 0.341 e. The Morgan fingerprint density at radius 2 is 2.24 bits per heavy atom. The number of nitrogens with zero attached hydrogens (tertiary/aromatic N) is 5. The minimum absolute atomic E-state index is 0.0693. The van der Waals surface area contributed by atoms with Gasteiger partial charge in [-0.2, -0.15) is 10.2 Å². The smallest absolute Gasteiger partial charge is 0.272 e. The molecular weight excluding hydrogens is 268 g/mol. The number of hydrogen-bond acceptors (Lipinski definition) is 4. The highest BCUT2D eigenvalue weighted by Gasteiger charge is 2.29. The molecule has 21 heavy (non-hydrogen) atoms. The molecule has 7 nitrogen and oxygen atoms in total. The van der Waals surface area contributed by atoms with Crippen molar-refractivity contribution in [2.45, 2.75) is 44.2 Å². The highest BCUT2D eigenvalue weighted by atomic mass is 16.2. The van der Waals surface area contributed by atoms with Crippen LogP contribution in [0.1, 0.15) is 59.6 Å². The summed E-state index contributed by atoms with van der Waals surface area (Å²) in [4.78, 5) is 16.7. The van der Waals surface area contributed by atoms with Gasteiger partial charge in [0.05, 0.1) is 6.04 Å². The zero-order valence-corrected chi connectivity index (χ0v) is 12.0. The maximum absolute atomic E-state index is 12.4. The van der Waals surface area contributed by atoms with Gasteiger partial charge in [0, 0.05) is 25.2 Å². The van der Waals surface area contributed by atoms with Gasteiger partial charge in [0.1, 0.15) is 17.8 Å². The van der Waals surface area contributed by atoms with Crippen molar-refractivity contribution in [3.8, 4) is 0 Å². The first kappa shape index (κ1) is 12.6. The van der Waals surface area contributed by atoms with Crippen molar-refractivity contribution in [2.75, 3.05) is 0 Å². The second-order valence-electron chi connectivity index (χ2n) is 5.86. The Morgan fingerprint density at radius 3 is 3.05 bits per heavy atom. The Kier molecular flexibility index (Phi) is 2.80. The molecule has 0 radical (unpaired) electrons. The second kappa shape index (κ2) is 4.68. The molecule has 1 unspecified atom stereocenters. The SMILES string of the molecule is Cn1nc(C(=O)NC2CCCn3ncnc32)cc1C1CC1. The molecule has 0 spiro atoms. The number of rotatable bonds is 3. The van der Waals surface area contributed by atoms with Gasteiger partial charge in [-0.3, -0.25) is 9.48 Å². The second-order valence-corrected chi connectivity index (χ2v) is 5.86. The zero-order valence-electron chi connectivity index (χ0n) is 12.0. The van der Waals surface area contributed by atoms with Crippen LogP contribution in [0.5, 0.6) is 0 Å². The van der Waals surface area contributed by atoms with Gasteiger partial charge < -0.3 is 5.32 Å². The fraction of sp³-hybridized carbons (Fsp3) is 0.571. The molecule has 2 aliphatic rings. The molecule has 1 N–H and O–H groups in total. The quantitative estimate of drug-likeness (QED) is 0.918. The highest BCUT2D eigenvalue weighted by molar-refractivity contribution is 5.92. The topological polar surface area (TPSA) is 77.6 Å². The summed E-state index contributed by atoms with van der Waals surface area (Å²) in [5.41, 5.74) is 1.66. The average molecular weight is 286 g/mol. The predicted molar refractivity (Wildman–Crippen MR) is 74.6 cm³/mol. The summed E-state index contributed by atoms with van der Waals surface area (Å²) in [6.45, 7) is 0.872. The van der Waals surface area contributed by atoms with Crippen molar-refractivity contribution in [1.82, 2.24) is 29.9 Å². The zero-order chi connectivity index (χ0) is 14.4. The molecule has 1 atom stereocenters. The van der Waals surface area contributed by atoms with E-state index in [1.165, 1.54) is 12.8 Å². The Hall–Kier alpha value is -2.18. The lowest BCUT2D eigenvalue weighted by Crippen LogP contribution is -2.33. The van der Waals surface area contributed by atoms with E-state index in [4.69, 9.17) is 0 Å². The Balaban J connectivity index is 1.53. The number of fused-ring (bicyclic) bond motifs is 1. The molecule has 1 amide bonds. The Bertz CT molecular complexity index is 683. The average Bonchev–Trinajstić information content (AvgIpc) is 3.06. The third kappa shape index (κ3) is 2.22. The summed E-state index contributed by atoms with van der Waals surface area (Å²) in [5.74, 6) is 1.30. The molecule has 110 valence electrons. The summed E-state index contributed by atoms with van der Waals surface area (Å²) in [7, 11) is 1.90. The summed E-state index contributed by atoms with van der Waals surface area (Å²) >= 11 is 0. The molecule has 0 aromatic carbocycles. The minimum Gasteiger partial charge on any atom is -0.341 e. The van der Waals surface area contributed by atoms with Crippen LogP contribution in [-0.2, 0) is 13.6 Å². The van der Waals surface area contributed by atoms with E-state index < -0.39 is 0 Å². The monoisotopic (exact) mass is 286 g/mol. The predicted octanol–water partition coefficient (Wildman–Crippen LogP) is 1.15. The molecule has 2 aromatic rings. The molecule has 4 rings (SSSR count). The van der Waals surface area contributed by atoms with Gasteiger partial charge in [-0.1, -0.05) is 0 Å². The third-order valence-corrected chi connectivity index (χ3v) is 4.27. The maximum Gasteiger partial charge on any atom is 0.272 e. The fourth-order valence-electron chi connectivity index (χ4n) is 3.01. The molecule has 1 saturated carbocycles. The van der Waals surface area contributed by atoms with Gasteiger partial charge in [0.25, 0.3) is 5.91 Å². The molecular formula is C14H18N6O. The van der Waals surface area contributed by atoms with E-state index in [0.29, 0.717) is 11.6 Å². The van der Waals surface area contributed by atoms with Crippen LogP contribution in [-0.4, -0.2) is 30.5 Å². The lowest BCUT2D eigenvalue weighted by molar-refractivity contribution is 0.0921. The van der Waals surface area contributed by atoms with E-state index >= 15 is 0 Å². The molecule has 2 aromatic heterocycles. The van der Waals surface area contributed by atoms with Gasteiger partial charge in [-0.05, 0) is 31.7 Å². The number of aryl methyl sites for hydroxylation is 2. The van der Waals surface area contributed by atoms with Crippen LogP contribution in [0, 0.1) is 0 Å². The first-order chi connectivity index (χ1) is 10.2. The molecule has 1 aliphatic carbocycles. The van der Waals surface area contributed by atoms with E-state index in [2.05, 4.69) is 20.5 Å². The number of aromatic nitrogens is 5. The van der Waals surface area contributed by atoms with E-state index in [1.54, 1.807) is 6.33 Å². The van der Waals surface area contributed by atoms with Gasteiger partial charge in [-0.25, -0.2) is 9.67 Å². The lowest BCUT2D eigenvalue weighted by atomic mass is 10.1. The number of amides is 1. The van der Waals surface area contributed by atoms with Crippen LogP contribution in [0.4, 0.5) is 0 Å². The standard InChI is InChI=1S/C14H18N6O/c1-19-12(9-4-5-9)7-11(18-19)14(21)17-10-3-2-6-20-13(10)15-8-16-20/h7-10H,2-6H2,1H3,(H,17,21). The van der Waals surface area contributed by atoms with Crippen molar-refractivity contribution >= 4 is 5.91 Å². The summed E-state index contributed by atoms with van der Waals surface area (Å²) in [6.07, 6.45) is 5.84. The van der Waals surface area contributed by atoms with E-state index in [1.807, 2.05) is 22.5 Å². The molecule has 1 fully saturated rings. The normalized spacial score (nSPS) is 21.1. The Labute approximate surface area is 122 Å². The number of hydrogen-bond donors (Lipinski definition) is 1. The number of carbonyl (C=O) groups is 1. The van der Waals surface area contributed by atoms with Gasteiger partial charge >= 0.3 is 0 Å². The van der Waals surface area contributed by atoms with Crippen LogP contribution >= 0.6 is 0 Å². The molecule has 7 heteroatoms. The van der Waals surface area contributed by atoms with Crippen molar-refractivity contribution in [3.05, 3.63) is 29.6 Å². The van der Waals surface area contributed by atoms with Crippen LogP contribution in [0.2, 0.25) is 0 Å². The van der Waals surface area contributed by atoms with Gasteiger partial charge in [-0.15, -0.1) is 0 Å². The first-order valence-corrected chi connectivity index (χ1v) is 7.45. The summed E-state index contributed by atoms with van der Waals surface area (Å²) in [5, 5.41) is 11.6. The van der Waals surface area contributed by atoms with Crippen LogP contribution in [0.15, 0.2) is 12.4 Å². The molecule has 1 aliphatic heterocycles. The summed E-state index contributed by atoms with van der Waals surface area (Å²) < 4.78 is 3.69. The van der Waals surface area contributed by atoms with E-state index in [-0.39, 0.29) is 11.9 Å². The van der Waals surface area contributed by atoms with Crippen molar-refractivity contribution in [3.63, 3.8) is 0 Å². The number of carbonyl (C=O) groups excluding carboxylic acids is 1. The third-order valence-electron chi connectivity index (χ3n) is 4.27. The lowest BCUT2D eigenvalue weighted by Gasteiger charge is -2.22. The van der Waals surface area contributed by atoms with Crippen LogP contribution in [0.3, 0.4) is 0 Å². The van der Waals surface area contributed by atoms with Gasteiger partial charge in [0.2, 0.25) is 0 Å². The van der Waals surface area contributed by atoms with Gasteiger partial charge in [0.15, 0.2) is 0 Å². The van der Waals surface area contributed by atoms with E-state index in [9.17, 15) is 4.79 Å². The Morgan fingerprint density at radius 1 is 1.38 bits per heavy atom. The fourth-order valence-corrected chi connectivity index (χ4v) is 3.01. The molecule has 0 bridgehead atoms. The highest BCUT2D eigenvalue weighted by Crippen LogP contribution is 2.40. The number of nitrogens with one attached hydrogen (secondary N) is 1. The van der Waals surface area contributed by atoms with Crippen molar-refractivity contribution in [1.29, 1.82) is 0 Å². The van der Waals surface area contributed by atoms with Crippen molar-refractivity contribution in [2.24, 2.45) is 7.05 Å². The maximum atomic E-state index is 12.4. The van der Waals surface area contributed by atoms with Crippen LogP contribution < -0.4 is 5.32 Å². The first-order valence-electron chi connectivity index (χ1n) is 7.45. The summed E-state index contributed by atoms with van der Waals surface area (Å²) in [6, 6.07) is 1.85.